The molecule has 0 bridgehead atoms. The van der Waals surface area contributed by atoms with E-state index in [1.807, 2.05) is 13.8 Å². The summed E-state index contributed by atoms with van der Waals surface area (Å²) in [6.07, 6.45) is -0.0818. The lowest BCUT2D eigenvalue weighted by Crippen LogP contribution is -2.34. The summed E-state index contributed by atoms with van der Waals surface area (Å²) >= 11 is 12.4. The maximum Gasteiger partial charge on any atom is 0.307 e. The third kappa shape index (κ3) is 6.44. The summed E-state index contributed by atoms with van der Waals surface area (Å²) in [4.78, 5) is 10.8. The van der Waals surface area contributed by atoms with Crippen LogP contribution in [0.5, 0.6) is 5.75 Å². The van der Waals surface area contributed by atoms with Gasteiger partial charge in [-0.25, -0.2) is 8.42 Å². The van der Waals surface area contributed by atoms with Crippen molar-refractivity contribution in [1.29, 1.82) is 0 Å². The average molecular weight is 522 g/mol. The van der Waals surface area contributed by atoms with Gasteiger partial charge in [0.1, 0.15) is 17.3 Å². The Morgan fingerprint density at radius 2 is 1.59 bits per heavy atom. The third-order valence-electron chi connectivity index (χ3n) is 4.88. The molecule has 0 unspecified atom stereocenters. The molecular weight excluding hydrogens is 497 g/mol. The van der Waals surface area contributed by atoms with E-state index in [4.69, 9.17) is 33.0 Å². The van der Waals surface area contributed by atoms with Crippen molar-refractivity contribution < 1.29 is 23.1 Å². The Hall–Kier alpha value is -2.74. The molecular formula is C25H25Cl2NO5S. The van der Waals surface area contributed by atoms with E-state index in [1.54, 1.807) is 54.6 Å². The predicted octanol–water partition coefficient (Wildman–Crippen LogP) is 6.05. The first-order chi connectivity index (χ1) is 16.1. The number of halogens is 2. The molecule has 0 amide bonds. The van der Waals surface area contributed by atoms with Gasteiger partial charge in [0.2, 0.25) is 0 Å². The molecule has 3 aromatic rings. The summed E-state index contributed by atoms with van der Waals surface area (Å²) in [6, 6.07) is 18.5. The first-order valence-electron chi connectivity index (χ1n) is 10.6. The fourth-order valence-corrected chi connectivity index (χ4v) is 6.08. The van der Waals surface area contributed by atoms with Crippen LogP contribution in [-0.2, 0) is 27.8 Å². The van der Waals surface area contributed by atoms with E-state index < -0.39 is 16.0 Å². The molecule has 1 N–H and O–H groups in total. The molecule has 0 saturated carbocycles. The van der Waals surface area contributed by atoms with Gasteiger partial charge in [-0.2, -0.15) is 0 Å². The Kier molecular flexibility index (Phi) is 8.47. The lowest BCUT2D eigenvalue weighted by molar-refractivity contribution is -0.136. The number of carbonyl (C=O) groups is 1. The number of carboxylic acids is 1. The summed E-state index contributed by atoms with van der Waals surface area (Å²) in [5.74, 6) is -0.302. The topological polar surface area (TPSA) is 83.9 Å². The molecule has 0 aliphatic carbocycles. The van der Waals surface area contributed by atoms with E-state index in [9.17, 15) is 13.2 Å². The number of aliphatic carboxylic acids is 1. The zero-order chi connectivity index (χ0) is 24.9. The molecule has 180 valence electrons. The van der Waals surface area contributed by atoms with E-state index in [0.717, 1.165) is 5.56 Å². The molecule has 6 nitrogen and oxygen atoms in total. The van der Waals surface area contributed by atoms with Crippen molar-refractivity contribution in [2.24, 2.45) is 5.92 Å². The Labute approximate surface area is 209 Å². The van der Waals surface area contributed by atoms with E-state index >= 15 is 0 Å². The Bertz CT molecular complexity index is 1240. The maximum absolute atomic E-state index is 13.5. The Morgan fingerprint density at radius 3 is 2.18 bits per heavy atom. The van der Waals surface area contributed by atoms with Crippen molar-refractivity contribution in [3.63, 3.8) is 0 Å². The average Bonchev–Trinajstić information content (AvgIpc) is 2.76. The summed E-state index contributed by atoms with van der Waals surface area (Å²) in [7, 11) is -4.00. The zero-order valence-electron chi connectivity index (χ0n) is 18.7. The van der Waals surface area contributed by atoms with Crippen molar-refractivity contribution in [3.05, 3.63) is 87.9 Å². The normalized spacial score (nSPS) is 11.4. The summed E-state index contributed by atoms with van der Waals surface area (Å²) < 4.78 is 34.1. The molecule has 0 radical (unpaired) electrons. The largest absolute Gasteiger partial charge is 0.489 e. The quantitative estimate of drug-likeness (QED) is 0.351. The molecule has 3 aromatic carbocycles. The molecule has 0 heterocycles. The number of benzene rings is 3. The highest BCUT2D eigenvalue weighted by atomic mass is 35.5. The smallest absolute Gasteiger partial charge is 0.307 e. The van der Waals surface area contributed by atoms with Crippen LogP contribution in [0.25, 0.3) is 0 Å². The lowest BCUT2D eigenvalue weighted by atomic mass is 10.1. The van der Waals surface area contributed by atoms with Crippen molar-refractivity contribution in [3.8, 4) is 5.75 Å². The molecule has 0 aliphatic rings. The van der Waals surface area contributed by atoms with Crippen molar-refractivity contribution in [2.75, 3.05) is 10.8 Å². The minimum Gasteiger partial charge on any atom is -0.489 e. The molecule has 9 heteroatoms. The number of hydrogen-bond donors (Lipinski definition) is 1. The number of ether oxygens (including phenoxy) is 1. The molecule has 0 saturated heterocycles. The van der Waals surface area contributed by atoms with Crippen molar-refractivity contribution in [2.45, 2.75) is 31.8 Å². The molecule has 0 fully saturated rings. The number of carboxylic acid groups (broad SMARTS) is 1. The predicted molar refractivity (Wildman–Crippen MR) is 134 cm³/mol. The summed E-state index contributed by atoms with van der Waals surface area (Å²) in [5.41, 5.74) is 1.95. The second kappa shape index (κ2) is 11.1. The van der Waals surface area contributed by atoms with Crippen LogP contribution in [-0.4, -0.2) is 26.0 Å². The molecule has 3 rings (SSSR count). The van der Waals surface area contributed by atoms with Crippen LogP contribution in [0.3, 0.4) is 0 Å². The molecule has 0 aromatic heterocycles. The Balaban J connectivity index is 1.82. The van der Waals surface area contributed by atoms with Gasteiger partial charge in [0.15, 0.2) is 0 Å². The highest BCUT2D eigenvalue weighted by molar-refractivity contribution is 7.93. The Morgan fingerprint density at radius 1 is 0.971 bits per heavy atom. The number of rotatable bonds is 10. The minimum absolute atomic E-state index is 0.0529. The van der Waals surface area contributed by atoms with Crippen LogP contribution in [0, 0.1) is 5.92 Å². The fourth-order valence-electron chi connectivity index (χ4n) is 3.36. The van der Waals surface area contributed by atoms with Gasteiger partial charge in [-0.3, -0.25) is 9.10 Å². The van der Waals surface area contributed by atoms with Crippen molar-refractivity contribution >= 4 is 44.9 Å². The van der Waals surface area contributed by atoms with Gasteiger partial charge in [0.05, 0.1) is 22.2 Å². The summed E-state index contributed by atoms with van der Waals surface area (Å²) in [6.45, 7) is 4.34. The van der Waals surface area contributed by atoms with Gasteiger partial charge in [0, 0.05) is 6.54 Å². The first kappa shape index (κ1) is 25.9. The first-order valence-corrected chi connectivity index (χ1v) is 12.8. The second-order valence-electron chi connectivity index (χ2n) is 8.15. The standard InChI is InChI=1S/C25H25Cl2NO5S/c1-17(2)15-28(34(31,32)25-22(26)7-4-8-23(25)27)20-11-9-18(10-12-20)16-33-21-6-3-5-19(13-21)14-24(29)30/h3-13,17H,14-16H2,1-2H3,(H,29,30). The van der Waals surface area contributed by atoms with Crippen molar-refractivity contribution in [1.82, 2.24) is 0 Å². The highest BCUT2D eigenvalue weighted by Crippen LogP contribution is 2.34. The van der Waals surface area contributed by atoms with E-state index in [0.29, 0.717) is 17.0 Å². The SMILES string of the molecule is CC(C)CN(c1ccc(COc2cccc(CC(=O)O)c2)cc1)S(=O)(=O)c1c(Cl)cccc1Cl. The zero-order valence-corrected chi connectivity index (χ0v) is 21.1. The van der Waals surface area contributed by atoms with Crippen LogP contribution < -0.4 is 9.04 Å². The van der Waals surface area contributed by atoms with Gasteiger partial charge in [0.25, 0.3) is 10.0 Å². The summed E-state index contributed by atoms with van der Waals surface area (Å²) in [5, 5.41) is 9.08. The fraction of sp³-hybridized carbons (Fsp3) is 0.240. The maximum atomic E-state index is 13.5. The molecule has 0 aliphatic heterocycles. The van der Waals surface area contributed by atoms with Gasteiger partial charge >= 0.3 is 5.97 Å². The van der Waals surface area contributed by atoms with Crippen LogP contribution in [0.15, 0.2) is 71.6 Å². The van der Waals surface area contributed by atoms with Gasteiger partial charge in [-0.05, 0) is 53.4 Å². The number of anilines is 1. The number of nitrogens with zero attached hydrogens (tertiary/aromatic N) is 1. The van der Waals surface area contributed by atoms with E-state index in [1.165, 1.54) is 16.4 Å². The van der Waals surface area contributed by atoms with Gasteiger partial charge < -0.3 is 9.84 Å². The number of sulfonamides is 1. The van der Waals surface area contributed by atoms with E-state index in [-0.39, 0.29) is 40.4 Å². The molecule has 34 heavy (non-hydrogen) atoms. The van der Waals surface area contributed by atoms with Crippen LogP contribution in [0.1, 0.15) is 25.0 Å². The number of hydrogen-bond acceptors (Lipinski definition) is 4. The van der Waals surface area contributed by atoms with Gasteiger partial charge in [-0.15, -0.1) is 0 Å². The van der Waals surface area contributed by atoms with Crippen LogP contribution >= 0.6 is 23.2 Å². The lowest BCUT2D eigenvalue weighted by Gasteiger charge is -2.27. The van der Waals surface area contributed by atoms with Crippen LogP contribution in [0.2, 0.25) is 10.0 Å². The minimum atomic E-state index is -4.00. The monoisotopic (exact) mass is 521 g/mol. The third-order valence-corrected chi connectivity index (χ3v) is 7.63. The molecule has 0 spiro atoms. The van der Waals surface area contributed by atoms with Gasteiger partial charge in [-0.1, -0.05) is 67.4 Å². The van der Waals surface area contributed by atoms with Crippen LogP contribution in [0.4, 0.5) is 5.69 Å². The van der Waals surface area contributed by atoms with E-state index in [2.05, 4.69) is 0 Å². The highest BCUT2D eigenvalue weighted by Gasteiger charge is 2.30. The second-order valence-corrected chi connectivity index (χ2v) is 10.8. The molecule has 0 atom stereocenters.